The topological polar surface area (TPSA) is 75.7 Å². The van der Waals surface area contributed by atoms with Gasteiger partial charge in [0, 0.05) is 50.9 Å². The maximum atomic E-state index is 14.3. The maximum absolute atomic E-state index is 14.3. The molecular weight excluding hydrogens is 322 g/mol. The Balaban J connectivity index is 1.76. The SMILES string of the molecule is O=C1CCN(c2c(F)cc(OC3CCC(=O)NC3=O)cc2F)CC1. The zero-order chi connectivity index (χ0) is 17.3. The van der Waals surface area contributed by atoms with Crippen molar-refractivity contribution in [1.29, 1.82) is 0 Å². The number of halogens is 2. The second kappa shape index (κ2) is 6.54. The number of imide groups is 1. The average molecular weight is 338 g/mol. The van der Waals surface area contributed by atoms with Gasteiger partial charge in [-0.25, -0.2) is 8.78 Å². The van der Waals surface area contributed by atoms with Crippen LogP contribution in [0.3, 0.4) is 0 Å². The molecule has 1 N–H and O–H groups in total. The standard InChI is InChI=1S/C16H16F2N2O4/c17-11-7-10(24-13-1-2-14(22)19-16(13)23)8-12(18)15(11)20-5-3-9(21)4-6-20/h7-8,13H,1-6H2,(H,19,22,23). The molecule has 1 atom stereocenters. The van der Waals surface area contributed by atoms with Gasteiger partial charge < -0.3 is 9.64 Å². The Morgan fingerprint density at radius 1 is 1.04 bits per heavy atom. The van der Waals surface area contributed by atoms with Gasteiger partial charge in [0.2, 0.25) is 5.91 Å². The molecule has 2 heterocycles. The van der Waals surface area contributed by atoms with Crippen molar-refractivity contribution in [3.05, 3.63) is 23.8 Å². The molecule has 6 nitrogen and oxygen atoms in total. The lowest BCUT2D eigenvalue weighted by Crippen LogP contribution is -2.46. The fourth-order valence-electron chi connectivity index (χ4n) is 2.84. The van der Waals surface area contributed by atoms with Gasteiger partial charge in [-0.1, -0.05) is 0 Å². The third-order valence-corrected chi connectivity index (χ3v) is 4.09. The summed E-state index contributed by atoms with van der Waals surface area (Å²) in [6.07, 6.45) is -0.175. The molecule has 0 saturated carbocycles. The van der Waals surface area contributed by atoms with E-state index in [0.29, 0.717) is 0 Å². The van der Waals surface area contributed by atoms with Crippen LogP contribution in [0.5, 0.6) is 5.75 Å². The Bertz CT molecular complexity index is 674. The smallest absolute Gasteiger partial charge is 0.267 e. The molecule has 1 aromatic carbocycles. The van der Waals surface area contributed by atoms with E-state index < -0.39 is 29.6 Å². The Morgan fingerprint density at radius 3 is 2.25 bits per heavy atom. The molecule has 2 amide bonds. The van der Waals surface area contributed by atoms with Crippen molar-refractivity contribution in [2.75, 3.05) is 18.0 Å². The van der Waals surface area contributed by atoms with Gasteiger partial charge >= 0.3 is 0 Å². The quantitative estimate of drug-likeness (QED) is 0.841. The Kier molecular flexibility index (Phi) is 4.46. The molecule has 0 aliphatic carbocycles. The van der Waals surface area contributed by atoms with Crippen molar-refractivity contribution in [1.82, 2.24) is 5.32 Å². The molecule has 8 heteroatoms. The maximum Gasteiger partial charge on any atom is 0.267 e. The minimum atomic E-state index is -0.958. The van der Waals surface area contributed by atoms with E-state index in [0.717, 1.165) is 12.1 Å². The fourth-order valence-corrected chi connectivity index (χ4v) is 2.84. The van der Waals surface area contributed by atoms with Crippen molar-refractivity contribution < 1.29 is 27.9 Å². The van der Waals surface area contributed by atoms with Crippen LogP contribution in [0.25, 0.3) is 0 Å². The van der Waals surface area contributed by atoms with Crippen LogP contribution in [0.4, 0.5) is 14.5 Å². The summed E-state index contributed by atoms with van der Waals surface area (Å²) in [4.78, 5) is 35.5. The monoisotopic (exact) mass is 338 g/mol. The van der Waals surface area contributed by atoms with Crippen molar-refractivity contribution in [2.45, 2.75) is 31.8 Å². The van der Waals surface area contributed by atoms with Crippen LogP contribution >= 0.6 is 0 Å². The van der Waals surface area contributed by atoms with E-state index in [4.69, 9.17) is 4.74 Å². The molecule has 1 aromatic rings. The van der Waals surface area contributed by atoms with Crippen LogP contribution in [0.2, 0.25) is 0 Å². The van der Waals surface area contributed by atoms with Crippen molar-refractivity contribution in [3.8, 4) is 5.75 Å². The predicted molar refractivity (Wildman–Crippen MR) is 79.6 cm³/mol. The van der Waals surface area contributed by atoms with E-state index in [-0.39, 0.29) is 56.0 Å². The number of ether oxygens (including phenoxy) is 1. The van der Waals surface area contributed by atoms with Crippen LogP contribution in [0.15, 0.2) is 12.1 Å². The summed E-state index contributed by atoms with van der Waals surface area (Å²) in [7, 11) is 0. The number of anilines is 1. The molecule has 0 radical (unpaired) electrons. The molecule has 0 aromatic heterocycles. The number of rotatable bonds is 3. The van der Waals surface area contributed by atoms with Crippen LogP contribution in [-0.4, -0.2) is 36.8 Å². The van der Waals surface area contributed by atoms with Crippen LogP contribution in [0, 0.1) is 11.6 Å². The molecule has 1 unspecified atom stereocenters. The summed E-state index contributed by atoms with van der Waals surface area (Å²) >= 11 is 0. The first-order chi connectivity index (χ1) is 11.4. The number of amides is 2. The van der Waals surface area contributed by atoms with Gasteiger partial charge in [0.25, 0.3) is 5.91 Å². The fraction of sp³-hybridized carbons (Fsp3) is 0.438. The number of hydrogen-bond acceptors (Lipinski definition) is 5. The molecule has 2 fully saturated rings. The number of nitrogens with one attached hydrogen (secondary N) is 1. The van der Waals surface area contributed by atoms with Gasteiger partial charge in [0.15, 0.2) is 17.7 Å². The van der Waals surface area contributed by atoms with Crippen LogP contribution in [-0.2, 0) is 14.4 Å². The first kappa shape index (κ1) is 16.4. The Labute approximate surface area is 136 Å². The minimum absolute atomic E-state index is 0.0740. The van der Waals surface area contributed by atoms with Gasteiger partial charge in [-0.3, -0.25) is 19.7 Å². The first-order valence-electron chi connectivity index (χ1n) is 7.70. The van der Waals surface area contributed by atoms with Crippen LogP contribution < -0.4 is 15.0 Å². The van der Waals surface area contributed by atoms with Gasteiger partial charge in [-0.15, -0.1) is 0 Å². The zero-order valence-corrected chi connectivity index (χ0v) is 12.8. The second-order valence-corrected chi connectivity index (χ2v) is 5.82. The van der Waals surface area contributed by atoms with Gasteiger partial charge in [-0.05, 0) is 0 Å². The summed E-state index contributed by atoms with van der Waals surface area (Å²) in [6.45, 7) is 0.528. The third kappa shape index (κ3) is 3.37. The first-order valence-corrected chi connectivity index (χ1v) is 7.70. The number of carbonyl (C=O) groups excluding carboxylic acids is 3. The number of ketones is 1. The lowest BCUT2D eigenvalue weighted by Gasteiger charge is -2.29. The Hall–Kier alpha value is -2.51. The molecule has 128 valence electrons. The molecular formula is C16H16F2N2O4. The Morgan fingerprint density at radius 2 is 1.67 bits per heavy atom. The summed E-state index contributed by atoms with van der Waals surface area (Å²) in [5.74, 6) is -2.68. The van der Waals surface area contributed by atoms with E-state index in [1.54, 1.807) is 0 Å². The number of Topliss-reactive ketones (excluding diaryl/α,β-unsaturated/α-hetero) is 1. The van der Waals surface area contributed by atoms with Crippen LogP contribution in [0.1, 0.15) is 25.7 Å². The van der Waals surface area contributed by atoms with E-state index >= 15 is 0 Å². The molecule has 0 spiro atoms. The van der Waals surface area contributed by atoms with E-state index in [1.165, 1.54) is 4.90 Å². The number of benzene rings is 1. The number of hydrogen-bond donors (Lipinski definition) is 1. The average Bonchev–Trinajstić information content (AvgIpc) is 2.51. The molecule has 2 aliphatic rings. The van der Waals surface area contributed by atoms with Gasteiger partial charge in [-0.2, -0.15) is 0 Å². The third-order valence-electron chi connectivity index (χ3n) is 4.09. The summed E-state index contributed by atoms with van der Waals surface area (Å²) in [5, 5.41) is 2.12. The highest BCUT2D eigenvalue weighted by atomic mass is 19.1. The highest BCUT2D eigenvalue weighted by Crippen LogP contribution is 2.30. The molecule has 3 rings (SSSR count). The summed E-state index contributed by atoms with van der Waals surface area (Å²) < 4.78 is 33.9. The lowest BCUT2D eigenvalue weighted by atomic mass is 10.1. The minimum Gasteiger partial charge on any atom is -0.480 e. The molecule has 2 saturated heterocycles. The van der Waals surface area contributed by atoms with E-state index in [1.807, 2.05) is 0 Å². The van der Waals surface area contributed by atoms with E-state index in [9.17, 15) is 23.2 Å². The van der Waals surface area contributed by atoms with Crippen molar-refractivity contribution in [3.63, 3.8) is 0 Å². The number of carbonyl (C=O) groups is 3. The second-order valence-electron chi connectivity index (χ2n) is 5.82. The van der Waals surface area contributed by atoms with Crippen molar-refractivity contribution >= 4 is 23.3 Å². The molecule has 2 aliphatic heterocycles. The van der Waals surface area contributed by atoms with E-state index in [2.05, 4.69) is 5.32 Å². The highest BCUT2D eigenvalue weighted by molar-refractivity contribution is 5.99. The normalized spacial score (nSPS) is 21.7. The van der Waals surface area contributed by atoms with Gasteiger partial charge in [0.05, 0.1) is 0 Å². The predicted octanol–water partition coefficient (Wildman–Crippen LogP) is 1.32. The zero-order valence-electron chi connectivity index (χ0n) is 12.8. The van der Waals surface area contributed by atoms with Gasteiger partial charge in [0.1, 0.15) is 17.2 Å². The molecule has 24 heavy (non-hydrogen) atoms. The molecule has 0 bridgehead atoms. The highest BCUT2D eigenvalue weighted by Gasteiger charge is 2.29. The summed E-state index contributed by atoms with van der Waals surface area (Å²) in [6, 6.07) is 2.02. The lowest BCUT2D eigenvalue weighted by molar-refractivity contribution is -0.138. The summed E-state index contributed by atoms with van der Waals surface area (Å²) in [5.41, 5.74) is -0.196. The number of piperidine rings is 2. The largest absolute Gasteiger partial charge is 0.480 e. The van der Waals surface area contributed by atoms with Crippen molar-refractivity contribution in [2.24, 2.45) is 0 Å². The number of nitrogens with zero attached hydrogens (tertiary/aromatic N) is 1.